The van der Waals surface area contributed by atoms with Gasteiger partial charge in [-0.05, 0) is 35.4 Å². The van der Waals surface area contributed by atoms with Crippen molar-refractivity contribution in [2.75, 3.05) is 6.61 Å². The maximum Gasteiger partial charge on any atom is 0.141 e. The van der Waals surface area contributed by atoms with Crippen LogP contribution in [0, 0.1) is 0 Å². The monoisotopic (exact) mass is 309 g/mol. The van der Waals surface area contributed by atoms with Gasteiger partial charge in [0.2, 0.25) is 0 Å². The third-order valence-electron chi connectivity index (χ3n) is 3.42. The Labute approximate surface area is 135 Å². The standard InChI is InChI=1S/C19H19NOS/c1-2-13-21-18-10-6-12-20-17(18)14-22-19-11-5-8-15-7-3-4-9-16(15)19/h3-12H,2,13-14H2,1H3. The van der Waals surface area contributed by atoms with Crippen molar-refractivity contribution in [3.8, 4) is 5.75 Å². The van der Waals surface area contributed by atoms with Crippen molar-refractivity contribution in [2.45, 2.75) is 24.0 Å². The average molecular weight is 309 g/mol. The number of hydrogen-bond donors (Lipinski definition) is 0. The number of aromatic nitrogens is 1. The second-order valence-corrected chi connectivity index (χ2v) is 6.08. The molecule has 0 aliphatic rings. The lowest BCUT2D eigenvalue weighted by Crippen LogP contribution is -1.99. The Morgan fingerprint density at radius 2 is 1.86 bits per heavy atom. The number of benzene rings is 2. The summed E-state index contributed by atoms with van der Waals surface area (Å²) in [7, 11) is 0. The molecule has 0 spiro atoms. The van der Waals surface area contributed by atoms with Gasteiger partial charge in [-0.2, -0.15) is 0 Å². The van der Waals surface area contributed by atoms with Crippen LogP contribution in [0.5, 0.6) is 5.75 Å². The van der Waals surface area contributed by atoms with E-state index in [1.54, 1.807) is 0 Å². The molecule has 0 unspecified atom stereocenters. The summed E-state index contributed by atoms with van der Waals surface area (Å²) in [5, 5.41) is 2.57. The highest BCUT2D eigenvalue weighted by atomic mass is 32.2. The Morgan fingerprint density at radius 1 is 1.00 bits per heavy atom. The first-order chi connectivity index (χ1) is 10.9. The van der Waals surface area contributed by atoms with Gasteiger partial charge in [0.1, 0.15) is 5.75 Å². The molecule has 0 aliphatic heterocycles. The molecule has 0 radical (unpaired) electrons. The van der Waals surface area contributed by atoms with E-state index in [0.29, 0.717) is 0 Å². The zero-order valence-corrected chi connectivity index (χ0v) is 13.5. The lowest BCUT2D eigenvalue weighted by atomic mass is 10.1. The van der Waals surface area contributed by atoms with Crippen molar-refractivity contribution in [1.82, 2.24) is 4.98 Å². The van der Waals surface area contributed by atoms with Crippen LogP contribution in [0.15, 0.2) is 65.7 Å². The van der Waals surface area contributed by atoms with Crippen molar-refractivity contribution in [2.24, 2.45) is 0 Å². The van der Waals surface area contributed by atoms with Crippen molar-refractivity contribution in [3.05, 3.63) is 66.5 Å². The van der Waals surface area contributed by atoms with E-state index in [1.807, 2.05) is 30.1 Å². The fourth-order valence-electron chi connectivity index (χ4n) is 2.34. The first kappa shape index (κ1) is 14.9. The minimum absolute atomic E-state index is 0.734. The Morgan fingerprint density at radius 3 is 2.77 bits per heavy atom. The summed E-state index contributed by atoms with van der Waals surface area (Å²) in [5.74, 6) is 1.71. The van der Waals surface area contributed by atoms with Gasteiger partial charge in [-0.25, -0.2) is 0 Å². The molecule has 0 fully saturated rings. The lowest BCUT2D eigenvalue weighted by Gasteiger charge is -2.10. The zero-order chi connectivity index (χ0) is 15.2. The smallest absolute Gasteiger partial charge is 0.141 e. The number of rotatable bonds is 6. The molecule has 22 heavy (non-hydrogen) atoms. The second-order valence-electron chi connectivity index (χ2n) is 5.06. The van der Waals surface area contributed by atoms with Crippen molar-refractivity contribution >= 4 is 22.5 Å². The molecule has 1 heterocycles. The van der Waals surface area contributed by atoms with E-state index in [2.05, 4.69) is 54.4 Å². The van der Waals surface area contributed by atoms with Crippen LogP contribution >= 0.6 is 11.8 Å². The predicted octanol–water partition coefficient (Wildman–Crippen LogP) is 5.32. The minimum atomic E-state index is 0.734. The molecule has 0 aliphatic carbocycles. The highest BCUT2D eigenvalue weighted by Crippen LogP contribution is 2.31. The number of thioether (sulfide) groups is 1. The van der Waals surface area contributed by atoms with Gasteiger partial charge in [0.25, 0.3) is 0 Å². The number of fused-ring (bicyclic) bond motifs is 1. The Balaban J connectivity index is 1.80. The molecular formula is C19H19NOS. The van der Waals surface area contributed by atoms with Gasteiger partial charge in [-0.3, -0.25) is 4.98 Å². The van der Waals surface area contributed by atoms with Crippen LogP contribution in [-0.2, 0) is 5.75 Å². The highest BCUT2D eigenvalue weighted by molar-refractivity contribution is 7.98. The summed E-state index contributed by atoms with van der Waals surface area (Å²) in [6.07, 6.45) is 2.84. The summed E-state index contributed by atoms with van der Waals surface area (Å²) in [5.41, 5.74) is 1.01. The number of nitrogens with zero attached hydrogens (tertiary/aromatic N) is 1. The lowest BCUT2D eigenvalue weighted by molar-refractivity contribution is 0.313. The van der Waals surface area contributed by atoms with E-state index >= 15 is 0 Å². The maximum absolute atomic E-state index is 5.79. The first-order valence-electron chi connectivity index (χ1n) is 7.55. The normalized spacial score (nSPS) is 10.8. The van der Waals surface area contributed by atoms with Crippen molar-refractivity contribution in [1.29, 1.82) is 0 Å². The van der Waals surface area contributed by atoms with E-state index < -0.39 is 0 Å². The van der Waals surface area contributed by atoms with Crippen LogP contribution in [0.1, 0.15) is 19.0 Å². The topological polar surface area (TPSA) is 22.1 Å². The Bertz CT molecular complexity index is 752. The van der Waals surface area contributed by atoms with Crippen LogP contribution in [0.3, 0.4) is 0 Å². The fraction of sp³-hybridized carbons (Fsp3) is 0.211. The van der Waals surface area contributed by atoms with E-state index in [4.69, 9.17) is 4.74 Å². The Kier molecular flexibility index (Phi) is 4.96. The highest BCUT2D eigenvalue weighted by Gasteiger charge is 2.07. The number of hydrogen-bond acceptors (Lipinski definition) is 3. The fourth-order valence-corrected chi connectivity index (χ4v) is 3.37. The summed E-state index contributed by atoms with van der Waals surface area (Å²) < 4.78 is 5.79. The van der Waals surface area contributed by atoms with Gasteiger partial charge in [-0.15, -0.1) is 11.8 Å². The van der Waals surface area contributed by atoms with Gasteiger partial charge in [0, 0.05) is 16.8 Å². The SMILES string of the molecule is CCCOc1cccnc1CSc1cccc2ccccc12. The van der Waals surface area contributed by atoms with E-state index in [0.717, 1.165) is 30.2 Å². The summed E-state index contributed by atoms with van der Waals surface area (Å²) in [4.78, 5) is 5.76. The van der Waals surface area contributed by atoms with Gasteiger partial charge < -0.3 is 4.74 Å². The molecular weight excluding hydrogens is 290 g/mol. The average Bonchev–Trinajstić information content (AvgIpc) is 2.59. The molecule has 0 saturated heterocycles. The van der Waals surface area contributed by atoms with E-state index in [9.17, 15) is 0 Å². The zero-order valence-electron chi connectivity index (χ0n) is 12.7. The third-order valence-corrected chi connectivity index (χ3v) is 4.51. The van der Waals surface area contributed by atoms with Gasteiger partial charge >= 0.3 is 0 Å². The summed E-state index contributed by atoms with van der Waals surface area (Å²) in [6, 6.07) is 18.8. The predicted molar refractivity (Wildman–Crippen MR) is 93.5 cm³/mol. The Hall–Kier alpha value is -2.00. The van der Waals surface area contributed by atoms with Crippen LogP contribution in [0.25, 0.3) is 10.8 Å². The van der Waals surface area contributed by atoms with Crippen LogP contribution in [-0.4, -0.2) is 11.6 Å². The molecule has 0 saturated carbocycles. The first-order valence-corrected chi connectivity index (χ1v) is 8.54. The second kappa shape index (κ2) is 7.32. The quantitative estimate of drug-likeness (QED) is 0.576. The molecule has 0 amide bonds. The molecule has 3 heteroatoms. The van der Waals surface area contributed by atoms with Crippen LogP contribution in [0.2, 0.25) is 0 Å². The maximum atomic E-state index is 5.79. The molecule has 2 aromatic carbocycles. The third kappa shape index (κ3) is 3.42. The summed E-state index contributed by atoms with van der Waals surface area (Å²) in [6.45, 7) is 2.85. The number of ether oxygens (including phenoxy) is 1. The summed E-state index contributed by atoms with van der Waals surface area (Å²) >= 11 is 1.81. The van der Waals surface area contributed by atoms with Gasteiger partial charge in [0.05, 0.1) is 12.3 Å². The van der Waals surface area contributed by atoms with Crippen LogP contribution in [0.4, 0.5) is 0 Å². The van der Waals surface area contributed by atoms with Crippen molar-refractivity contribution < 1.29 is 4.74 Å². The largest absolute Gasteiger partial charge is 0.492 e. The molecule has 1 aromatic heterocycles. The van der Waals surface area contributed by atoms with Crippen molar-refractivity contribution in [3.63, 3.8) is 0 Å². The van der Waals surface area contributed by atoms with E-state index in [1.165, 1.54) is 15.7 Å². The van der Waals surface area contributed by atoms with Gasteiger partial charge in [0.15, 0.2) is 0 Å². The van der Waals surface area contributed by atoms with Crippen LogP contribution < -0.4 is 4.74 Å². The molecule has 112 valence electrons. The minimum Gasteiger partial charge on any atom is -0.492 e. The molecule has 2 nitrogen and oxygen atoms in total. The molecule has 3 aromatic rings. The number of pyridine rings is 1. The molecule has 0 bridgehead atoms. The molecule has 3 rings (SSSR count). The van der Waals surface area contributed by atoms with E-state index in [-0.39, 0.29) is 0 Å². The van der Waals surface area contributed by atoms with Gasteiger partial charge in [-0.1, -0.05) is 43.3 Å². The molecule has 0 atom stereocenters. The molecule has 0 N–H and O–H groups in total.